The molecule has 0 N–H and O–H groups in total. The van der Waals surface area contributed by atoms with Gasteiger partial charge in [0.15, 0.2) is 23.3 Å². The first-order chi connectivity index (χ1) is 59.4. The largest absolute Gasteiger partial charge is 0.255 e. The highest BCUT2D eigenvalue weighted by Gasteiger charge is 2.21. The van der Waals surface area contributed by atoms with E-state index in [0.717, 1.165) is 169 Å². The molecule has 0 aliphatic rings. The minimum absolute atomic E-state index is 0.634. The van der Waals surface area contributed by atoms with E-state index in [0.29, 0.717) is 34.7 Å². The van der Waals surface area contributed by atoms with Gasteiger partial charge in [0.05, 0.1) is 96.8 Å². The Hall–Kier alpha value is -16.6. The molecule has 0 fully saturated rings. The summed E-state index contributed by atoms with van der Waals surface area (Å²) < 4.78 is 0. The average molecular weight is 1540 g/mol. The Morgan fingerprint density at radius 2 is 0.375 bits per heavy atom. The first kappa shape index (κ1) is 73.6. The van der Waals surface area contributed by atoms with Crippen molar-refractivity contribution >= 4 is 0 Å². The van der Waals surface area contributed by atoms with Crippen molar-refractivity contribution in [2.75, 3.05) is 0 Å². The second kappa shape index (κ2) is 34.2. The quantitative estimate of drug-likeness (QED) is 0.0791. The molecule has 14 heteroatoms. The summed E-state index contributed by atoms with van der Waals surface area (Å²) in [6, 6.07) is 136. The van der Waals surface area contributed by atoms with Gasteiger partial charge in [0, 0.05) is 79.8 Å². The van der Waals surface area contributed by atoms with Gasteiger partial charge in [-0.15, -0.1) is 0 Å². The van der Waals surface area contributed by atoms with Crippen LogP contribution in [0.5, 0.6) is 0 Å². The third-order valence-corrected chi connectivity index (χ3v) is 20.4. The molecule has 0 unspecified atom stereocenters. The minimum atomic E-state index is 0.634. The molecule has 10 aromatic heterocycles. The minimum Gasteiger partial charge on any atom is -0.255 e. The molecular formula is C106H70N14. The third kappa shape index (κ3) is 16.6. The Kier molecular flexibility index (Phi) is 21.0. The zero-order valence-electron chi connectivity index (χ0n) is 64.7. The van der Waals surface area contributed by atoms with Crippen LogP contribution < -0.4 is 0 Å². The SMILES string of the molecule is c1ccc(-c2cc(-c3ccc(-c4cc(-c5ccccc5-c5cc(-c6ccccc6)nc(-c6ccccc6)n5)cc(-c5ccccn5)n4)nc3)nc(-c3ccccc3)n2)cc1.c1ccc(-c2cc(-c3ccc(-c4cc(-c5ccccn5)nc(-c5cccc(-c6cc(-c7ccccc7)nc(-c7ccccc7)n6)n5)c4)cc3)nc(-c3ccccc3)n2)cc1. The lowest BCUT2D eigenvalue weighted by Crippen LogP contribution is -1.98. The molecule has 0 saturated heterocycles. The molecule has 10 aromatic carbocycles. The van der Waals surface area contributed by atoms with Crippen LogP contribution >= 0.6 is 0 Å². The summed E-state index contributed by atoms with van der Waals surface area (Å²) in [4.78, 5) is 70.0. The van der Waals surface area contributed by atoms with Crippen LogP contribution in [0.15, 0.2) is 425 Å². The smallest absolute Gasteiger partial charge is 0.160 e. The van der Waals surface area contributed by atoms with Crippen LogP contribution in [0.3, 0.4) is 0 Å². The van der Waals surface area contributed by atoms with Crippen molar-refractivity contribution < 1.29 is 0 Å². The van der Waals surface area contributed by atoms with Gasteiger partial charge in [-0.1, -0.05) is 309 Å². The molecule has 20 aromatic rings. The lowest BCUT2D eigenvalue weighted by atomic mass is 9.95. The first-order valence-corrected chi connectivity index (χ1v) is 39.4. The van der Waals surface area contributed by atoms with E-state index in [4.69, 9.17) is 64.8 Å². The summed E-state index contributed by atoms with van der Waals surface area (Å²) in [6.07, 6.45) is 5.44. The molecule has 0 saturated carbocycles. The number of rotatable bonds is 18. The molecule has 0 aliphatic heterocycles. The molecule has 120 heavy (non-hydrogen) atoms. The van der Waals surface area contributed by atoms with Crippen LogP contribution in [-0.2, 0) is 0 Å². The Morgan fingerprint density at radius 3 is 0.750 bits per heavy atom. The van der Waals surface area contributed by atoms with Gasteiger partial charge in [0.2, 0.25) is 0 Å². The van der Waals surface area contributed by atoms with Crippen LogP contribution in [-0.4, -0.2) is 69.8 Å². The number of nitrogens with zero attached hydrogens (tertiary/aromatic N) is 14. The van der Waals surface area contributed by atoms with Gasteiger partial charge in [-0.2, -0.15) is 0 Å². The van der Waals surface area contributed by atoms with Crippen LogP contribution in [0, 0.1) is 0 Å². The molecular weight excluding hydrogens is 1470 g/mol. The normalized spacial score (nSPS) is 11.0. The van der Waals surface area contributed by atoms with E-state index in [-0.39, 0.29) is 0 Å². The lowest BCUT2D eigenvalue weighted by molar-refractivity contribution is 1.16. The molecule has 0 bridgehead atoms. The van der Waals surface area contributed by atoms with Crippen molar-refractivity contribution in [2.45, 2.75) is 0 Å². The fourth-order valence-corrected chi connectivity index (χ4v) is 14.4. The predicted octanol–water partition coefficient (Wildman–Crippen LogP) is 24.9. The number of hydrogen-bond donors (Lipinski definition) is 0. The molecule has 20 rings (SSSR count). The number of aromatic nitrogens is 14. The first-order valence-electron chi connectivity index (χ1n) is 39.4. The molecule has 14 nitrogen and oxygen atoms in total. The fourth-order valence-electron chi connectivity index (χ4n) is 14.4. The second-order valence-electron chi connectivity index (χ2n) is 28.4. The van der Waals surface area contributed by atoms with Gasteiger partial charge >= 0.3 is 0 Å². The Labute approximate surface area is 694 Å². The zero-order valence-corrected chi connectivity index (χ0v) is 64.7. The van der Waals surface area contributed by atoms with E-state index < -0.39 is 0 Å². The van der Waals surface area contributed by atoms with Crippen molar-refractivity contribution in [1.29, 1.82) is 0 Å². The van der Waals surface area contributed by atoms with E-state index in [2.05, 4.69) is 132 Å². The van der Waals surface area contributed by atoms with Gasteiger partial charge in [-0.25, -0.2) is 54.8 Å². The van der Waals surface area contributed by atoms with Gasteiger partial charge in [-0.05, 0) is 119 Å². The number of pyridine rings is 6. The number of hydrogen-bond acceptors (Lipinski definition) is 14. The zero-order chi connectivity index (χ0) is 80.2. The van der Waals surface area contributed by atoms with Crippen molar-refractivity contribution in [1.82, 2.24) is 69.8 Å². The fraction of sp³-hybridized carbons (Fsp3) is 0. The number of benzene rings is 10. The lowest BCUT2D eigenvalue weighted by Gasteiger charge is -2.15. The molecule has 564 valence electrons. The molecule has 0 atom stereocenters. The second-order valence-corrected chi connectivity index (χ2v) is 28.4. The molecule has 0 spiro atoms. The maximum atomic E-state index is 5.19. The van der Waals surface area contributed by atoms with E-state index in [1.165, 1.54) is 0 Å². The predicted molar refractivity (Wildman–Crippen MR) is 480 cm³/mol. The van der Waals surface area contributed by atoms with E-state index >= 15 is 0 Å². The molecule has 0 radical (unpaired) electrons. The highest BCUT2D eigenvalue weighted by molar-refractivity contribution is 5.88. The van der Waals surface area contributed by atoms with Crippen LogP contribution in [0.2, 0.25) is 0 Å². The average Bonchev–Trinajstić information content (AvgIpc) is 0.772. The Balaban J connectivity index is 0.000000159. The summed E-state index contributed by atoms with van der Waals surface area (Å²) in [5, 5.41) is 0. The summed E-state index contributed by atoms with van der Waals surface area (Å²) in [6.45, 7) is 0. The summed E-state index contributed by atoms with van der Waals surface area (Å²) in [7, 11) is 0. The van der Waals surface area contributed by atoms with Crippen LogP contribution in [0.1, 0.15) is 0 Å². The van der Waals surface area contributed by atoms with Gasteiger partial charge < -0.3 is 0 Å². The van der Waals surface area contributed by atoms with Crippen molar-refractivity contribution in [3.05, 3.63) is 425 Å². The Morgan fingerprint density at radius 1 is 0.117 bits per heavy atom. The van der Waals surface area contributed by atoms with E-state index in [9.17, 15) is 0 Å². The standard InChI is InChI=1S/2C53H35N7/c1-5-17-36(18-6-1)46-33-48(59-52(57-46)38-21-9-3-10-22-38)40-28-29-45(55-35-40)51-32-41(31-50(56-51)44-27-15-16-30-54-44)42-25-13-14-26-43(42)49-34-47(37-19-7-2-8-20-37)58-53(60-49)39-23-11-4-12-24-39;1-5-16-37(17-6-1)46-34-47(58-52(57-46)40-20-9-3-10-21-40)39-29-27-36(28-30-39)42-32-49(43-24-13-14-31-54-43)56-50(33-42)44-25-15-26-45(55-44)51-35-48(38-18-7-2-8-19-38)59-53(60-51)41-22-11-4-12-23-41/h2*1-35H. The maximum absolute atomic E-state index is 5.19. The van der Waals surface area contributed by atoms with Crippen LogP contribution in [0.4, 0.5) is 0 Å². The van der Waals surface area contributed by atoms with E-state index in [1.54, 1.807) is 12.4 Å². The van der Waals surface area contributed by atoms with Crippen molar-refractivity contribution in [3.8, 4) is 204 Å². The van der Waals surface area contributed by atoms with Crippen molar-refractivity contribution in [3.63, 3.8) is 0 Å². The molecule has 10 heterocycles. The summed E-state index contributed by atoms with van der Waals surface area (Å²) in [5.74, 6) is 2.62. The summed E-state index contributed by atoms with van der Waals surface area (Å²) >= 11 is 0. The van der Waals surface area contributed by atoms with Crippen LogP contribution in [0.25, 0.3) is 204 Å². The van der Waals surface area contributed by atoms with Crippen molar-refractivity contribution in [2.24, 2.45) is 0 Å². The van der Waals surface area contributed by atoms with Gasteiger partial charge in [0.25, 0.3) is 0 Å². The summed E-state index contributed by atoms with van der Waals surface area (Å²) in [5.41, 5.74) is 27.8. The van der Waals surface area contributed by atoms with Gasteiger partial charge in [0.1, 0.15) is 0 Å². The topological polar surface area (TPSA) is 180 Å². The Bertz CT molecular complexity index is 6720. The maximum Gasteiger partial charge on any atom is 0.160 e. The third-order valence-electron chi connectivity index (χ3n) is 20.4. The van der Waals surface area contributed by atoms with E-state index in [1.807, 2.05) is 285 Å². The monoisotopic (exact) mass is 1540 g/mol. The highest BCUT2D eigenvalue weighted by Crippen LogP contribution is 2.40. The van der Waals surface area contributed by atoms with Gasteiger partial charge in [-0.3, -0.25) is 15.0 Å². The highest BCUT2D eigenvalue weighted by atomic mass is 14.9. The molecule has 0 aliphatic carbocycles. The molecule has 0 amide bonds.